The van der Waals surface area contributed by atoms with Crippen LogP contribution in [0.25, 0.3) is 0 Å². The summed E-state index contributed by atoms with van der Waals surface area (Å²) in [6.45, 7) is 2.63. The average Bonchev–Trinajstić information content (AvgIpc) is 2.76. The topological polar surface area (TPSA) is 81.1 Å². The molecule has 0 bridgehead atoms. The maximum atomic E-state index is 12.7. The number of carbonyl (C=O) groups is 2. The summed E-state index contributed by atoms with van der Waals surface area (Å²) in [5, 5.41) is 20.8. The summed E-state index contributed by atoms with van der Waals surface area (Å²) in [4.78, 5) is 28.2. The lowest BCUT2D eigenvalue weighted by atomic mass is 9.99. The Balaban J connectivity index is 1.65. The van der Waals surface area contributed by atoms with Crippen molar-refractivity contribution >= 4 is 27.7 Å². The first kappa shape index (κ1) is 21.5. The van der Waals surface area contributed by atoms with Crippen molar-refractivity contribution in [2.24, 2.45) is 0 Å². The first-order valence-electron chi connectivity index (χ1n) is 9.53. The van der Waals surface area contributed by atoms with Gasteiger partial charge >= 0.3 is 0 Å². The normalized spacial score (nSPS) is 16.5. The van der Waals surface area contributed by atoms with E-state index >= 15 is 0 Å². The molecular formula is C22H25BrN2O4. The van der Waals surface area contributed by atoms with Crippen LogP contribution in [0.5, 0.6) is 0 Å². The predicted octanol–water partition coefficient (Wildman–Crippen LogP) is 2.28. The van der Waals surface area contributed by atoms with Crippen LogP contribution in [0.3, 0.4) is 0 Å². The van der Waals surface area contributed by atoms with E-state index in [4.69, 9.17) is 0 Å². The zero-order valence-corrected chi connectivity index (χ0v) is 18.0. The lowest BCUT2D eigenvalue weighted by Gasteiger charge is -2.33. The average molecular weight is 461 g/mol. The van der Waals surface area contributed by atoms with Gasteiger partial charge in [-0.3, -0.25) is 9.59 Å². The second kappa shape index (κ2) is 9.07. The van der Waals surface area contributed by atoms with E-state index in [-0.39, 0.29) is 6.04 Å². The van der Waals surface area contributed by atoms with E-state index in [1.54, 1.807) is 7.05 Å². The number of hydrogen-bond donors (Lipinski definition) is 2. The summed E-state index contributed by atoms with van der Waals surface area (Å²) in [6.07, 6.45) is -2.94. The zero-order valence-electron chi connectivity index (χ0n) is 16.5. The molecule has 0 aromatic heterocycles. The molecule has 0 fully saturated rings. The van der Waals surface area contributed by atoms with Crippen molar-refractivity contribution in [3.63, 3.8) is 0 Å². The van der Waals surface area contributed by atoms with Gasteiger partial charge in [-0.2, -0.15) is 0 Å². The molecule has 1 heterocycles. The number of carbonyl (C=O) groups excluding carboxylic acids is 2. The second-order valence-electron chi connectivity index (χ2n) is 7.34. The van der Waals surface area contributed by atoms with Crippen molar-refractivity contribution in [2.45, 2.75) is 38.1 Å². The summed E-state index contributed by atoms with van der Waals surface area (Å²) in [5.41, 5.74) is 3.07. The Hall–Kier alpha value is -2.22. The SMILES string of the molecule is C[C@@H](c1ccc(Br)cc1)N(C)C(=O)[C@@H](O)[C@H](O)C(=O)N1CCc2ccccc2C1. The van der Waals surface area contributed by atoms with Crippen molar-refractivity contribution in [2.75, 3.05) is 13.6 Å². The van der Waals surface area contributed by atoms with Crippen LogP contribution in [0.1, 0.15) is 29.7 Å². The number of aliphatic hydroxyl groups excluding tert-OH is 2. The molecule has 7 heteroatoms. The maximum Gasteiger partial charge on any atom is 0.255 e. The third-order valence-corrected chi connectivity index (χ3v) is 6.06. The van der Waals surface area contributed by atoms with Crippen molar-refractivity contribution in [1.29, 1.82) is 0 Å². The lowest BCUT2D eigenvalue weighted by molar-refractivity contribution is -0.159. The molecule has 3 rings (SSSR count). The first-order valence-corrected chi connectivity index (χ1v) is 10.3. The summed E-state index contributed by atoms with van der Waals surface area (Å²) in [7, 11) is 1.55. The van der Waals surface area contributed by atoms with Crippen LogP contribution in [0.2, 0.25) is 0 Å². The third-order valence-electron chi connectivity index (χ3n) is 5.53. The quantitative estimate of drug-likeness (QED) is 0.716. The molecule has 1 aliphatic rings. The molecule has 2 amide bonds. The zero-order chi connectivity index (χ0) is 21.1. The number of aliphatic hydroxyl groups is 2. The van der Waals surface area contributed by atoms with E-state index in [1.165, 1.54) is 15.4 Å². The molecule has 6 nitrogen and oxygen atoms in total. The van der Waals surface area contributed by atoms with Crippen LogP contribution in [0.4, 0.5) is 0 Å². The smallest absolute Gasteiger partial charge is 0.255 e. The number of likely N-dealkylation sites (N-methyl/N-ethyl adjacent to an activating group) is 1. The highest BCUT2D eigenvalue weighted by Crippen LogP contribution is 2.23. The number of benzene rings is 2. The van der Waals surface area contributed by atoms with Gasteiger partial charge in [0.25, 0.3) is 11.8 Å². The minimum Gasteiger partial charge on any atom is -0.380 e. The number of fused-ring (bicyclic) bond motifs is 1. The van der Waals surface area contributed by atoms with Gasteiger partial charge in [0.15, 0.2) is 12.2 Å². The number of amides is 2. The number of halogens is 1. The Labute approximate surface area is 178 Å². The van der Waals surface area contributed by atoms with Crippen LogP contribution in [0.15, 0.2) is 53.0 Å². The van der Waals surface area contributed by atoms with Gasteiger partial charge in [0.05, 0.1) is 6.04 Å². The molecular weight excluding hydrogens is 436 g/mol. The lowest BCUT2D eigenvalue weighted by Crippen LogP contribution is -2.52. The minimum absolute atomic E-state index is 0.325. The van der Waals surface area contributed by atoms with Crippen molar-refractivity contribution < 1.29 is 19.8 Å². The van der Waals surface area contributed by atoms with E-state index in [2.05, 4.69) is 15.9 Å². The molecule has 0 saturated carbocycles. The molecule has 154 valence electrons. The Kier molecular flexibility index (Phi) is 6.72. The van der Waals surface area contributed by atoms with Gasteiger partial charge in [-0.15, -0.1) is 0 Å². The number of nitrogens with zero attached hydrogens (tertiary/aromatic N) is 2. The Morgan fingerprint density at radius 2 is 1.66 bits per heavy atom. The van der Waals surface area contributed by atoms with Crippen LogP contribution >= 0.6 is 15.9 Å². The molecule has 2 aromatic carbocycles. The minimum atomic E-state index is -1.82. The van der Waals surface area contributed by atoms with Gasteiger partial charge in [-0.05, 0) is 42.2 Å². The fourth-order valence-corrected chi connectivity index (χ4v) is 3.77. The van der Waals surface area contributed by atoms with Gasteiger partial charge in [-0.1, -0.05) is 52.3 Å². The first-order chi connectivity index (χ1) is 13.8. The second-order valence-corrected chi connectivity index (χ2v) is 8.26. The maximum absolute atomic E-state index is 12.7. The Morgan fingerprint density at radius 1 is 1.03 bits per heavy atom. The van der Waals surface area contributed by atoms with Crippen LogP contribution in [0, 0.1) is 0 Å². The summed E-state index contributed by atoms with van der Waals surface area (Å²) < 4.78 is 0.923. The molecule has 0 radical (unpaired) electrons. The number of rotatable bonds is 5. The highest BCUT2D eigenvalue weighted by atomic mass is 79.9. The van der Waals surface area contributed by atoms with Crippen LogP contribution < -0.4 is 0 Å². The largest absolute Gasteiger partial charge is 0.380 e. The fourth-order valence-electron chi connectivity index (χ4n) is 3.51. The fraction of sp³-hybridized carbons (Fsp3) is 0.364. The molecule has 29 heavy (non-hydrogen) atoms. The molecule has 0 saturated heterocycles. The monoisotopic (exact) mass is 460 g/mol. The van der Waals surface area contributed by atoms with Crippen molar-refractivity contribution in [3.8, 4) is 0 Å². The van der Waals surface area contributed by atoms with Crippen molar-refractivity contribution in [1.82, 2.24) is 9.80 Å². The highest BCUT2D eigenvalue weighted by molar-refractivity contribution is 9.10. The van der Waals surface area contributed by atoms with Gasteiger partial charge in [0, 0.05) is 24.6 Å². The Bertz CT molecular complexity index is 887. The molecule has 3 atom stereocenters. The third kappa shape index (κ3) is 4.69. The van der Waals surface area contributed by atoms with Gasteiger partial charge in [0.1, 0.15) is 0 Å². The summed E-state index contributed by atoms with van der Waals surface area (Å²) in [5.74, 6) is -1.33. The molecule has 2 aromatic rings. The van der Waals surface area contributed by atoms with Crippen LogP contribution in [-0.4, -0.2) is 57.6 Å². The predicted molar refractivity (Wildman–Crippen MR) is 113 cm³/mol. The van der Waals surface area contributed by atoms with Gasteiger partial charge in [0.2, 0.25) is 0 Å². The van der Waals surface area contributed by atoms with Crippen LogP contribution in [-0.2, 0) is 22.6 Å². The van der Waals surface area contributed by atoms with Crippen molar-refractivity contribution in [3.05, 3.63) is 69.7 Å². The van der Waals surface area contributed by atoms with E-state index in [0.29, 0.717) is 19.5 Å². The van der Waals surface area contributed by atoms with Gasteiger partial charge in [-0.25, -0.2) is 0 Å². The standard InChI is InChI=1S/C22H25BrN2O4/c1-14(15-7-9-18(23)10-8-15)24(2)21(28)19(26)20(27)22(29)25-12-11-16-5-3-4-6-17(16)13-25/h3-10,14,19-20,26-27H,11-13H2,1-2H3/t14-,19-,20-/m0/s1. The van der Waals surface area contributed by atoms with Gasteiger partial charge < -0.3 is 20.0 Å². The molecule has 0 unspecified atom stereocenters. The highest BCUT2D eigenvalue weighted by Gasteiger charge is 2.36. The number of hydrogen-bond acceptors (Lipinski definition) is 4. The van der Waals surface area contributed by atoms with E-state index in [9.17, 15) is 19.8 Å². The molecule has 0 spiro atoms. The summed E-state index contributed by atoms with van der Waals surface area (Å²) >= 11 is 3.37. The summed E-state index contributed by atoms with van der Waals surface area (Å²) in [6, 6.07) is 15.0. The van der Waals surface area contributed by atoms with E-state index < -0.39 is 24.0 Å². The molecule has 2 N–H and O–H groups in total. The molecule has 0 aliphatic carbocycles. The van der Waals surface area contributed by atoms with E-state index in [0.717, 1.165) is 15.6 Å². The molecule has 1 aliphatic heterocycles. The Morgan fingerprint density at radius 3 is 2.31 bits per heavy atom. The van der Waals surface area contributed by atoms with E-state index in [1.807, 2.05) is 55.5 Å².